The van der Waals surface area contributed by atoms with E-state index in [-0.39, 0.29) is 24.2 Å². The lowest BCUT2D eigenvalue weighted by Crippen LogP contribution is -2.38. The third kappa shape index (κ3) is 2.77. The Morgan fingerprint density at radius 2 is 2.10 bits per heavy atom. The van der Waals surface area contributed by atoms with Gasteiger partial charge in [-0.1, -0.05) is 31.0 Å². The van der Waals surface area contributed by atoms with Crippen molar-refractivity contribution in [3.05, 3.63) is 29.8 Å². The molecule has 2 fully saturated rings. The lowest BCUT2D eigenvalue weighted by molar-refractivity contribution is -0.132. The van der Waals surface area contributed by atoms with Crippen molar-refractivity contribution >= 4 is 5.91 Å². The Morgan fingerprint density at radius 3 is 2.76 bits per heavy atom. The largest absolute Gasteiger partial charge is 0.496 e. The highest BCUT2D eigenvalue weighted by Gasteiger charge is 2.42. The zero-order valence-corrected chi connectivity index (χ0v) is 13.0. The van der Waals surface area contributed by atoms with Gasteiger partial charge in [-0.15, -0.1) is 0 Å². The van der Waals surface area contributed by atoms with E-state index in [4.69, 9.17) is 4.74 Å². The predicted molar refractivity (Wildman–Crippen MR) is 82.0 cm³/mol. The molecule has 1 aliphatic carbocycles. The average Bonchev–Trinajstić information content (AvgIpc) is 3.24. The molecule has 1 aromatic rings. The summed E-state index contributed by atoms with van der Waals surface area (Å²) in [5.74, 6) is 1.83. The third-order valence-corrected chi connectivity index (χ3v) is 4.59. The van der Waals surface area contributed by atoms with Gasteiger partial charge >= 0.3 is 0 Å². The second-order valence-corrected chi connectivity index (χ2v) is 6.31. The van der Waals surface area contributed by atoms with E-state index >= 15 is 0 Å². The summed E-state index contributed by atoms with van der Waals surface area (Å²) in [5.41, 5.74) is 1.04. The lowest BCUT2D eigenvalue weighted by atomic mass is 10.1. The first-order valence-corrected chi connectivity index (χ1v) is 7.83. The maximum absolute atomic E-state index is 12.6. The van der Waals surface area contributed by atoms with Crippen LogP contribution in [0.5, 0.6) is 5.75 Å². The number of nitrogens with zero attached hydrogens (tertiary/aromatic N) is 1. The van der Waals surface area contributed by atoms with Crippen LogP contribution in [0.2, 0.25) is 0 Å². The van der Waals surface area contributed by atoms with Crippen molar-refractivity contribution in [1.29, 1.82) is 0 Å². The normalized spacial score (nSPS) is 27.0. The lowest BCUT2D eigenvalue weighted by Gasteiger charge is -2.31. The number of amides is 1. The molecule has 1 N–H and O–H groups in total. The Kier molecular flexibility index (Phi) is 3.89. The summed E-state index contributed by atoms with van der Waals surface area (Å²) in [6.07, 6.45) is 3.65. The fraction of sp³-hybridized carbons (Fsp3) is 0.588. The molecule has 1 saturated carbocycles. The van der Waals surface area contributed by atoms with Gasteiger partial charge in [0.1, 0.15) is 11.9 Å². The standard InChI is InChI=1S/C17H24N2O2/c1-11(10-13-8-9-13)19-16(18-12(2)17(19)20)14-6-4-5-7-15(14)21-3/h4-7,11-13,16,18H,8-10H2,1-3H3. The highest BCUT2D eigenvalue weighted by atomic mass is 16.5. The smallest absolute Gasteiger partial charge is 0.241 e. The van der Waals surface area contributed by atoms with Gasteiger partial charge in [0.15, 0.2) is 0 Å². The number of hydrogen-bond acceptors (Lipinski definition) is 3. The van der Waals surface area contributed by atoms with Crippen molar-refractivity contribution in [3.8, 4) is 5.75 Å². The van der Waals surface area contributed by atoms with E-state index in [1.165, 1.54) is 12.8 Å². The van der Waals surface area contributed by atoms with Gasteiger partial charge in [-0.05, 0) is 32.3 Å². The minimum atomic E-state index is -0.137. The molecule has 3 unspecified atom stereocenters. The highest BCUT2D eigenvalue weighted by molar-refractivity contribution is 5.84. The van der Waals surface area contributed by atoms with Crippen molar-refractivity contribution in [2.45, 2.75) is 51.4 Å². The fourth-order valence-electron chi connectivity index (χ4n) is 3.29. The van der Waals surface area contributed by atoms with Crippen LogP contribution in [-0.2, 0) is 4.79 Å². The van der Waals surface area contributed by atoms with E-state index in [2.05, 4.69) is 12.2 Å². The number of carbonyl (C=O) groups excluding carboxylic acids is 1. The number of benzene rings is 1. The Morgan fingerprint density at radius 1 is 1.38 bits per heavy atom. The van der Waals surface area contributed by atoms with Gasteiger partial charge < -0.3 is 9.64 Å². The minimum absolute atomic E-state index is 0.0857. The molecule has 0 radical (unpaired) electrons. The molecule has 2 aliphatic rings. The van der Waals surface area contributed by atoms with E-state index < -0.39 is 0 Å². The van der Waals surface area contributed by atoms with Gasteiger partial charge in [-0.3, -0.25) is 10.1 Å². The maximum atomic E-state index is 12.6. The van der Waals surface area contributed by atoms with Crippen LogP contribution in [0, 0.1) is 5.92 Å². The summed E-state index contributed by atoms with van der Waals surface area (Å²) >= 11 is 0. The van der Waals surface area contributed by atoms with E-state index in [0.717, 1.165) is 23.7 Å². The Bertz CT molecular complexity index is 527. The van der Waals surface area contributed by atoms with Gasteiger partial charge in [-0.2, -0.15) is 0 Å². The molecule has 114 valence electrons. The zero-order chi connectivity index (χ0) is 15.0. The minimum Gasteiger partial charge on any atom is -0.496 e. The van der Waals surface area contributed by atoms with Crippen LogP contribution < -0.4 is 10.1 Å². The molecule has 4 heteroatoms. The molecule has 21 heavy (non-hydrogen) atoms. The number of ether oxygens (including phenoxy) is 1. The summed E-state index contributed by atoms with van der Waals surface area (Å²) in [6, 6.07) is 8.07. The van der Waals surface area contributed by atoms with Crippen LogP contribution in [0.3, 0.4) is 0 Å². The zero-order valence-electron chi connectivity index (χ0n) is 13.0. The second kappa shape index (κ2) is 5.68. The van der Waals surface area contributed by atoms with Crippen molar-refractivity contribution in [3.63, 3.8) is 0 Å². The van der Waals surface area contributed by atoms with Crippen molar-refractivity contribution in [2.75, 3.05) is 7.11 Å². The molecule has 1 amide bonds. The first-order valence-electron chi connectivity index (χ1n) is 7.83. The van der Waals surface area contributed by atoms with Crippen molar-refractivity contribution in [2.24, 2.45) is 5.92 Å². The van der Waals surface area contributed by atoms with Gasteiger partial charge in [0.05, 0.1) is 13.2 Å². The van der Waals surface area contributed by atoms with Gasteiger partial charge in [0.25, 0.3) is 0 Å². The monoisotopic (exact) mass is 288 g/mol. The van der Waals surface area contributed by atoms with E-state index in [0.29, 0.717) is 0 Å². The van der Waals surface area contributed by atoms with E-state index in [1.54, 1.807) is 7.11 Å². The number of rotatable bonds is 5. The molecular formula is C17H24N2O2. The second-order valence-electron chi connectivity index (χ2n) is 6.31. The van der Waals surface area contributed by atoms with Crippen molar-refractivity contribution in [1.82, 2.24) is 10.2 Å². The SMILES string of the molecule is COc1ccccc1C1NC(C)C(=O)N1C(C)CC1CC1. The fourth-order valence-corrected chi connectivity index (χ4v) is 3.29. The summed E-state index contributed by atoms with van der Waals surface area (Å²) in [7, 11) is 1.68. The number of methoxy groups -OCH3 is 1. The molecule has 1 heterocycles. The quantitative estimate of drug-likeness (QED) is 0.906. The summed E-state index contributed by atoms with van der Waals surface area (Å²) < 4.78 is 5.47. The Labute approximate surface area is 126 Å². The topological polar surface area (TPSA) is 41.6 Å². The molecule has 0 spiro atoms. The van der Waals surface area contributed by atoms with Gasteiger partial charge in [0.2, 0.25) is 5.91 Å². The summed E-state index contributed by atoms with van der Waals surface area (Å²) in [6.45, 7) is 4.10. The Balaban J connectivity index is 1.88. The number of para-hydroxylation sites is 1. The molecule has 0 aromatic heterocycles. The molecule has 4 nitrogen and oxygen atoms in total. The summed E-state index contributed by atoms with van der Waals surface area (Å²) in [5, 5.41) is 3.42. The number of carbonyl (C=O) groups is 1. The molecular weight excluding hydrogens is 264 g/mol. The third-order valence-electron chi connectivity index (χ3n) is 4.59. The molecule has 1 aliphatic heterocycles. The predicted octanol–water partition coefficient (Wildman–Crippen LogP) is 2.70. The van der Waals surface area contributed by atoms with Crippen molar-refractivity contribution < 1.29 is 9.53 Å². The number of hydrogen-bond donors (Lipinski definition) is 1. The molecule has 0 bridgehead atoms. The van der Waals surface area contributed by atoms with E-state index in [9.17, 15) is 4.79 Å². The maximum Gasteiger partial charge on any atom is 0.241 e. The van der Waals surface area contributed by atoms with Crippen LogP contribution in [0.15, 0.2) is 24.3 Å². The van der Waals surface area contributed by atoms with Crippen LogP contribution in [0.25, 0.3) is 0 Å². The number of nitrogens with one attached hydrogen (secondary N) is 1. The van der Waals surface area contributed by atoms with Crippen LogP contribution in [0.4, 0.5) is 0 Å². The highest BCUT2D eigenvalue weighted by Crippen LogP contribution is 2.39. The Hall–Kier alpha value is -1.55. The first-order chi connectivity index (χ1) is 10.1. The molecule has 1 saturated heterocycles. The van der Waals surface area contributed by atoms with Gasteiger partial charge in [-0.25, -0.2) is 0 Å². The average molecular weight is 288 g/mol. The molecule has 3 atom stereocenters. The van der Waals surface area contributed by atoms with Crippen LogP contribution in [-0.4, -0.2) is 30.0 Å². The van der Waals surface area contributed by atoms with Gasteiger partial charge in [0, 0.05) is 11.6 Å². The molecule has 3 rings (SSSR count). The van der Waals surface area contributed by atoms with Crippen LogP contribution >= 0.6 is 0 Å². The van der Waals surface area contributed by atoms with Crippen LogP contribution in [0.1, 0.15) is 44.8 Å². The van der Waals surface area contributed by atoms with E-state index in [1.807, 2.05) is 36.1 Å². The summed E-state index contributed by atoms with van der Waals surface area (Å²) in [4.78, 5) is 14.6. The first kappa shape index (κ1) is 14.4. The molecule has 1 aromatic carbocycles.